The van der Waals surface area contributed by atoms with Gasteiger partial charge in [-0.25, -0.2) is 0 Å². The molecule has 16 heavy (non-hydrogen) atoms. The lowest BCUT2D eigenvalue weighted by Gasteiger charge is -2.33. The number of esters is 1. The highest BCUT2D eigenvalue weighted by Crippen LogP contribution is 2.18. The van der Waals surface area contributed by atoms with Crippen molar-refractivity contribution in [2.75, 3.05) is 33.9 Å². The summed E-state index contributed by atoms with van der Waals surface area (Å²) in [6.07, 6.45) is 5.41. The van der Waals surface area contributed by atoms with Crippen LogP contribution in [0.2, 0.25) is 0 Å². The minimum absolute atomic E-state index is 0.0127. The summed E-state index contributed by atoms with van der Waals surface area (Å²) in [6.45, 7) is 2.80. The van der Waals surface area contributed by atoms with Crippen molar-refractivity contribution in [3.8, 4) is 0 Å². The van der Waals surface area contributed by atoms with Gasteiger partial charge in [-0.3, -0.25) is 9.69 Å². The van der Waals surface area contributed by atoms with Gasteiger partial charge in [0.15, 0.2) is 0 Å². The SMILES string of the molecule is COCCCCN1CCCCC1C(=O)OC. The molecule has 1 fully saturated rings. The minimum Gasteiger partial charge on any atom is -0.468 e. The van der Waals surface area contributed by atoms with Crippen molar-refractivity contribution in [2.24, 2.45) is 0 Å². The molecule has 4 heteroatoms. The van der Waals surface area contributed by atoms with Crippen molar-refractivity contribution in [3.63, 3.8) is 0 Å². The van der Waals surface area contributed by atoms with Gasteiger partial charge < -0.3 is 9.47 Å². The number of rotatable bonds is 6. The largest absolute Gasteiger partial charge is 0.468 e. The summed E-state index contributed by atoms with van der Waals surface area (Å²) in [4.78, 5) is 13.8. The summed E-state index contributed by atoms with van der Waals surface area (Å²) >= 11 is 0. The Bertz CT molecular complexity index is 208. The van der Waals surface area contributed by atoms with E-state index < -0.39 is 0 Å². The number of nitrogens with zero attached hydrogens (tertiary/aromatic N) is 1. The highest BCUT2D eigenvalue weighted by molar-refractivity contribution is 5.75. The summed E-state index contributed by atoms with van der Waals surface area (Å²) < 4.78 is 9.86. The Labute approximate surface area is 97.9 Å². The zero-order valence-electron chi connectivity index (χ0n) is 10.4. The van der Waals surface area contributed by atoms with E-state index in [1.807, 2.05) is 0 Å². The van der Waals surface area contributed by atoms with Crippen LogP contribution in [0.4, 0.5) is 0 Å². The first-order chi connectivity index (χ1) is 7.79. The number of hydrogen-bond acceptors (Lipinski definition) is 4. The third kappa shape index (κ3) is 4.10. The first-order valence-electron chi connectivity index (χ1n) is 6.10. The van der Waals surface area contributed by atoms with E-state index >= 15 is 0 Å². The fourth-order valence-corrected chi connectivity index (χ4v) is 2.22. The summed E-state index contributed by atoms with van der Waals surface area (Å²) in [5.74, 6) is -0.0774. The molecular formula is C12H23NO3. The maximum Gasteiger partial charge on any atom is 0.323 e. The molecule has 1 rings (SSSR count). The van der Waals surface area contributed by atoms with Crippen LogP contribution >= 0.6 is 0 Å². The molecule has 1 aliphatic rings. The lowest BCUT2D eigenvalue weighted by Crippen LogP contribution is -2.45. The van der Waals surface area contributed by atoms with Crippen molar-refractivity contribution in [3.05, 3.63) is 0 Å². The molecule has 0 amide bonds. The van der Waals surface area contributed by atoms with E-state index in [1.165, 1.54) is 13.5 Å². The molecule has 1 saturated heterocycles. The van der Waals surface area contributed by atoms with Crippen LogP contribution in [0.15, 0.2) is 0 Å². The van der Waals surface area contributed by atoms with E-state index in [2.05, 4.69) is 4.90 Å². The number of hydrogen-bond donors (Lipinski definition) is 0. The Morgan fingerprint density at radius 1 is 1.31 bits per heavy atom. The molecule has 94 valence electrons. The van der Waals surface area contributed by atoms with Crippen LogP contribution in [0.25, 0.3) is 0 Å². The molecule has 1 unspecified atom stereocenters. The highest BCUT2D eigenvalue weighted by atomic mass is 16.5. The zero-order chi connectivity index (χ0) is 11.8. The summed E-state index contributed by atoms with van der Waals surface area (Å²) in [5, 5.41) is 0. The Balaban J connectivity index is 2.32. The molecule has 0 saturated carbocycles. The van der Waals surface area contributed by atoms with Crippen molar-refractivity contribution < 1.29 is 14.3 Å². The minimum atomic E-state index is -0.0774. The molecular weight excluding hydrogens is 206 g/mol. The average molecular weight is 229 g/mol. The van der Waals surface area contributed by atoms with Gasteiger partial charge in [0.2, 0.25) is 0 Å². The molecule has 0 bridgehead atoms. The van der Waals surface area contributed by atoms with Gasteiger partial charge in [-0.2, -0.15) is 0 Å². The maximum atomic E-state index is 11.6. The van der Waals surface area contributed by atoms with Crippen LogP contribution in [0.3, 0.4) is 0 Å². The second kappa shape index (κ2) is 7.63. The molecule has 0 radical (unpaired) electrons. The van der Waals surface area contributed by atoms with Crippen LogP contribution in [-0.4, -0.2) is 50.8 Å². The number of carbonyl (C=O) groups is 1. The molecule has 4 nitrogen and oxygen atoms in total. The Hall–Kier alpha value is -0.610. The first kappa shape index (κ1) is 13.5. The van der Waals surface area contributed by atoms with Crippen molar-refractivity contribution >= 4 is 5.97 Å². The van der Waals surface area contributed by atoms with Gasteiger partial charge in [-0.15, -0.1) is 0 Å². The van der Waals surface area contributed by atoms with Crippen molar-refractivity contribution in [2.45, 2.75) is 38.1 Å². The van der Waals surface area contributed by atoms with E-state index in [-0.39, 0.29) is 12.0 Å². The van der Waals surface area contributed by atoms with Crippen LogP contribution in [0.5, 0.6) is 0 Å². The fraction of sp³-hybridized carbons (Fsp3) is 0.917. The number of ether oxygens (including phenoxy) is 2. The highest BCUT2D eigenvalue weighted by Gasteiger charge is 2.28. The predicted octanol–water partition coefficient (Wildman–Crippen LogP) is 1.44. The van der Waals surface area contributed by atoms with E-state index in [4.69, 9.17) is 9.47 Å². The van der Waals surface area contributed by atoms with Crippen LogP contribution in [0.1, 0.15) is 32.1 Å². The van der Waals surface area contributed by atoms with Crippen LogP contribution in [-0.2, 0) is 14.3 Å². The van der Waals surface area contributed by atoms with Crippen LogP contribution in [0, 0.1) is 0 Å². The van der Waals surface area contributed by atoms with E-state index in [0.29, 0.717) is 0 Å². The normalized spacial score (nSPS) is 22.0. The Morgan fingerprint density at radius 2 is 2.12 bits per heavy atom. The maximum absolute atomic E-state index is 11.6. The predicted molar refractivity (Wildman–Crippen MR) is 62.3 cm³/mol. The lowest BCUT2D eigenvalue weighted by molar-refractivity contribution is -0.148. The lowest BCUT2D eigenvalue weighted by atomic mass is 10.0. The van der Waals surface area contributed by atoms with Gasteiger partial charge in [-0.1, -0.05) is 6.42 Å². The quantitative estimate of drug-likeness (QED) is 0.510. The number of carbonyl (C=O) groups excluding carboxylic acids is 1. The van der Waals surface area contributed by atoms with E-state index in [9.17, 15) is 4.79 Å². The molecule has 0 N–H and O–H groups in total. The van der Waals surface area contributed by atoms with Gasteiger partial charge in [0.1, 0.15) is 6.04 Å². The molecule has 1 aliphatic heterocycles. The molecule has 1 atom stereocenters. The number of piperidine rings is 1. The molecule has 0 spiro atoms. The molecule has 0 aromatic heterocycles. The molecule has 0 aromatic carbocycles. The van der Waals surface area contributed by atoms with Gasteiger partial charge >= 0.3 is 5.97 Å². The van der Waals surface area contributed by atoms with Gasteiger partial charge in [0, 0.05) is 13.7 Å². The number of unbranched alkanes of at least 4 members (excludes halogenated alkanes) is 1. The Kier molecular flexibility index (Phi) is 6.42. The Morgan fingerprint density at radius 3 is 2.81 bits per heavy atom. The third-order valence-electron chi connectivity index (χ3n) is 3.13. The average Bonchev–Trinajstić information content (AvgIpc) is 2.34. The van der Waals surface area contributed by atoms with E-state index in [1.54, 1.807) is 7.11 Å². The van der Waals surface area contributed by atoms with E-state index in [0.717, 1.165) is 45.4 Å². The molecule has 0 aromatic rings. The number of likely N-dealkylation sites (tertiary alicyclic amines) is 1. The van der Waals surface area contributed by atoms with Crippen molar-refractivity contribution in [1.82, 2.24) is 4.90 Å². The standard InChI is InChI=1S/C12H23NO3/c1-15-10-6-5-9-13-8-4-3-7-11(13)12(14)16-2/h11H,3-10H2,1-2H3. The first-order valence-corrected chi connectivity index (χ1v) is 6.10. The van der Waals surface area contributed by atoms with Gasteiger partial charge in [0.05, 0.1) is 7.11 Å². The van der Waals surface area contributed by atoms with Crippen LogP contribution < -0.4 is 0 Å². The fourth-order valence-electron chi connectivity index (χ4n) is 2.22. The summed E-state index contributed by atoms with van der Waals surface area (Å²) in [6, 6.07) is -0.0127. The molecule has 0 aliphatic carbocycles. The van der Waals surface area contributed by atoms with Gasteiger partial charge in [-0.05, 0) is 38.8 Å². The molecule has 1 heterocycles. The summed E-state index contributed by atoms with van der Waals surface area (Å²) in [5.41, 5.74) is 0. The zero-order valence-corrected chi connectivity index (χ0v) is 10.4. The monoisotopic (exact) mass is 229 g/mol. The second-order valence-corrected chi connectivity index (χ2v) is 4.27. The second-order valence-electron chi connectivity index (χ2n) is 4.27. The van der Waals surface area contributed by atoms with Gasteiger partial charge in [0.25, 0.3) is 0 Å². The van der Waals surface area contributed by atoms with Crippen molar-refractivity contribution in [1.29, 1.82) is 0 Å². The summed E-state index contributed by atoms with van der Waals surface area (Å²) in [7, 11) is 3.19. The third-order valence-corrected chi connectivity index (χ3v) is 3.13. The smallest absolute Gasteiger partial charge is 0.323 e. The number of methoxy groups -OCH3 is 2. The topological polar surface area (TPSA) is 38.8 Å².